The number of hydrogen-bond donors (Lipinski definition) is 1. The van der Waals surface area contributed by atoms with Crippen LogP contribution >= 0.6 is 0 Å². The van der Waals surface area contributed by atoms with Gasteiger partial charge in [-0.05, 0) is 24.3 Å². The molecule has 0 saturated carbocycles. The number of benzene rings is 1. The largest absolute Gasteiger partial charge is 0.484 e. The van der Waals surface area contributed by atoms with Crippen molar-refractivity contribution in [2.45, 2.75) is 0 Å². The van der Waals surface area contributed by atoms with Crippen LogP contribution < -0.4 is 4.74 Å². The average Bonchev–Trinajstić information content (AvgIpc) is 2.27. The first-order chi connectivity index (χ1) is 7.99. The van der Waals surface area contributed by atoms with Crippen LogP contribution in [-0.2, 0) is 9.59 Å². The van der Waals surface area contributed by atoms with Crippen LogP contribution in [0.3, 0.4) is 0 Å². The number of aliphatic carboxylic acids is 1. The van der Waals surface area contributed by atoms with E-state index in [1.54, 1.807) is 0 Å². The molecule has 92 valence electrons. The summed E-state index contributed by atoms with van der Waals surface area (Å²) in [5, 5.41) is 8.47. The van der Waals surface area contributed by atoms with Gasteiger partial charge in [-0.3, -0.25) is 9.59 Å². The molecule has 5 nitrogen and oxygen atoms in total. The predicted molar refractivity (Wildman–Crippen MR) is 57.2 cm³/mol. The Balaban J connectivity index is 2.42. The van der Waals surface area contributed by atoms with Crippen molar-refractivity contribution >= 4 is 11.9 Å². The molecule has 0 aliphatic carbocycles. The number of carbonyl (C=O) groups excluding carboxylic acids is 1. The fourth-order valence-corrected chi connectivity index (χ4v) is 1.08. The number of halogens is 1. The molecule has 0 saturated heterocycles. The van der Waals surface area contributed by atoms with E-state index in [0.717, 1.165) is 4.90 Å². The molecular formula is C11H12FNO4. The second kappa shape index (κ2) is 5.83. The topological polar surface area (TPSA) is 66.8 Å². The summed E-state index contributed by atoms with van der Waals surface area (Å²) < 4.78 is 17.6. The zero-order chi connectivity index (χ0) is 12.8. The van der Waals surface area contributed by atoms with Crippen LogP contribution in [0.5, 0.6) is 5.75 Å². The average molecular weight is 241 g/mol. The van der Waals surface area contributed by atoms with E-state index in [2.05, 4.69) is 0 Å². The Hall–Kier alpha value is -2.11. The summed E-state index contributed by atoms with van der Waals surface area (Å²) in [6.07, 6.45) is 0. The predicted octanol–water partition coefficient (Wildman–Crippen LogP) is 0.747. The van der Waals surface area contributed by atoms with E-state index in [-0.39, 0.29) is 13.2 Å². The van der Waals surface area contributed by atoms with E-state index in [1.807, 2.05) is 0 Å². The van der Waals surface area contributed by atoms with E-state index in [0.29, 0.717) is 5.75 Å². The number of hydrogen-bond acceptors (Lipinski definition) is 3. The monoisotopic (exact) mass is 241 g/mol. The molecule has 0 aliphatic heterocycles. The molecule has 0 unspecified atom stereocenters. The van der Waals surface area contributed by atoms with Crippen LogP contribution in [0.25, 0.3) is 0 Å². The number of nitrogens with zero attached hydrogens (tertiary/aromatic N) is 1. The molecule has 0 aromatic heterocycles. The molecule has 1 aromatic rings. The molecule has 0 aliphatic rings. The first-order valence-electron chi connectivity index (χ1n) is 4.83. The third-order valence-electron chi connectivity index (χ3n) is 1.97. The Morgan fingerprint density at radius 3 is 2.47 bits per heavy atom. The second-order valence-electron chi connectivity index (χ2n) is 3.39. The number of rotatable bonds is 5. The molecule has 0 atom stereocenters. The summed E-state index contributed by atoms with van der Waals surface area (Å²) in [5.74, 6) is -1.60. The van der Waals surface area contributed by atoms with Gasteiger partial charge in [0.25, 0.3) is 5.91 Å². The van der Waals surface area contributed by atoms with Crippen LogP contribution in [-0.4, -0.2) is 42.1 Å². The van der Waals surface area contributed by atoms with E-state index in [1.165, 1.54) is 31.3 Å². The number of likely N-dealkylation sites (N-methyl/N-ethyl adjacent to an activating group) is 1. The van der Waals surface area contributed by atoms with Crippen molar-refractivity contribution in [2.75, 3.05) is 20.2 Å². The minimum atomic E-state index is -1.09. The van der Waals surface area contributed by atoms with Gasteiger partial charge in [0, 0.05) is 7.05 Å². The Kier molecular flexibility index (Phi) is 4.45. The summed E-state index contributed by atoms with van der Waals surface area (Å²) in [5.41, 5.74) is 0. The Morgan fingerprint density at radius 2 is 1.94 bits per heavy atom. The van der Waals surface area contributed by atoms with Crippen molar-refractivity contribution in [1.82, 2.24) is 4.90 Å². The number of carbonyl (C=O) groups is 2. The maximum Gasteiger partial charge on any atom is 0.323 e. The minimum absolute atomic E-state index is 0.282. The summed E-state index contributed by atoms with van der Waals surface area (Å²) >= 11 is 0. The fraction of sp³-hybridized carbons (Fsp3) is 0.273. The lowest BCUT2D eigenvalue weighted by Crippen LogP contribution is -2.35. The van der Waals surface area contributed by atoms with Gasteiger partial charge >= 0.3 is 5.97 Å². The number of carboxylic acid groups (broad SMARTS) is 1. The highest BCUT2D eigenvalue weighted by atomic mass is 19.1. The third kappa shape index (κ3) is 4.50. The smallest absolute Gasteiger partial charge is 0.323 e. The van der Waals surface area contributed by atoms with Crippen LogP contribution in [0.4, 0.5) is 4.39 Å². The maximum atomic E-state index is 12.6. The molecule has 0 heterocycles. The molecule has 1 amide bonds. The van der Waals surface area contributed by atoms with Gasteiger partial charge in [0.2, 0.25) is 0 Å². The SMILES string of the molecule is CN(CC(=O)O)C(=O)COc1ccc(F)cc1. The highest BCUT2D eigenvalue weighted by Gasteiger charge is 2.12. The zero-order valence-electron chi connectivity index (χ0n) is 9.22. The van der Waals surface area contributed by atoms with Gasteiger partial charge in [0.15, 0.2) is 6.61 Å². The van der Waals surface area contributed by atoms with Gasteiger partial charge in [-0.15, -0.1) is 0 Å². The van der Waals surface area contributed by atoms with Crippen molar-refractivity contribution in [3.05, 3.63) is 30.1 Å². The second-order valence-corrected chi connectivity index (χ2v) is 3.39. The fourth-order valence-electron chi connectivity index (χ4n) is 1.08. The Bertz CT molecular complexity index is 404. The van der Waals surface area contributed by atoms with Crippen molar-refractivity contribution < 1.29 is 23.8 Å². The first kappa shape index (κ1) is 13.0. The molecular weight excluding hydrogens is 229 g/mol. The molecule has 0 radical (unpaired) electrons. The molecule has 0 bridgehead atoms. The lowest BCUT2D eigenvalue weighted by Gasteiger charge is -2.14. The summed E-state index contributed by atoms with van der Waals surface area (Å²) in [6.45, 7) is -0.666. The van der Waals surface area contributed by atoms with Gasteiger partial charge in [0.1, 0.15) is 18.1 Å². The van der Waals surface area contributed by atoms with Crippen LogP contribution in [0.2, 0.25) is 0 Å². The van der Waals surface area contributed by atoms with Gasteiger partial charge in [-0.2, -0.15) is 0 Å². The molecule has 6 heteroatoms. The van der Waals surface area contributed by atoms with E-state index < -0.39 is 17.7 Å². The molecule has 1 N–H and O–H groups in total. The van der Waals surface area contributed by atoms with Crippen molar-refractivity contribution in [1.29, 1.82) is 0 Å². The van der Waals surface area contributed by atoms with Crippen LogP contribution in [0.1, 0.15) is 0 Å². The van der Waals surface area contributed by atoms with Crippen molar-refractivity contribution in [3.8, 4) is 5.75 Å². The molecule has 1 rings (SSSR count). The van der Waals surface area contributed by atoms with Gasteiger partial charge in [-0.25, -0.2) is 4.39 Å². The maximum absolute atomic E-state index is 12.6. The Morgan fingerprint density at radius 1 is 1.35 bits per heavy atom. The molecule has 0 fully saturated rings. The first-order valence-corrected chi connectivity index (χ1v) is 4.83. The number of amides is 1. The normalized spacial score (nSPS) is 9.76. The van der Waals surface area contributed by atoms with Crippen molar-refractivity contribution in [2.24, 2.45) is 0 Å². The number of ether oxygens (including phenoxy) is 1. The molecule has 1 aromatic carbocycles. The van der Waals surface area contributed by atoms with Gasteiger partial charge in [0.05, 0.1) is 0 Å². The number of carboxylic acids is 1. The van der Waals surface area contributed by atoms with Crippen LogP contribution in [0.15, 0.2) is 24.3 Å². The third-order valence-corrected chi connectivity index (χ3v) is 1.97. The minimum Gasteiger partial charge on any atom is -0.484 e. The van der Waals surface area contributed by atoms with Crippen molar-refractivity contribution in [3.63, 3.8) is 0 Å². The highest BCUT2D eigenvalue weighted by Crippen LogP contribution is 2.10. The lowest BCUT2D eigenvalue weighted by atomic mass is 10.3. The van der Waals surface area contributed by atoms with E-state index >= 15 is 0 Å². The molecule has 17 heavy (non-hydrogen) atoms. The standard InChI is InChI=1S/C11H12FNO4/c1-13(6-11(15)16)10(14)7-17-9-4-2-8(12)3-5-9/h2-5H,6-7H2,1H3,(H,15,16). The summed E-state index contributed by atoms with van der Waals surface area (Å²) in [4.78, 5) is 22.8. The van der Waals surface area contributed by atoms with E-state index in [9.17, 15) is 14.0 Å². The van der Waals surface area contributed by atoms with Crippen LogP contribution in [0, 0.1) is 5.82 Å². The van der Waals surface area contributed by atoms with Gasteiger partial charge in [-0.1, -0.05) is 0 Å². The van der Waals surface area contributed by atoms with E-state index in [4.69, 9.17) is 9.84 Å². The van der Waals surface area contributed by atoms with Gasteiger partial charge < -0.3 is 14.7 Å². The highest BCUT2D eigenvalue weighted by molar-refractivity contribution is 5.82. The quantitative estimate of drug-likeness (QED) is 0.826. The summed E-state index contributed by atoms with van der Waals surface area (Å²) in [7, 11) is 1.37. The molecule has 0 spiro atoms. The Labute approximate surface area is 97.4 Å². The summed E-state index contributed by atoms with van der Waals surface area (Å²) in [6, 6.07) is 5.20. The zero-order valence-corrected chi connectivity index (χ0v) is 9.22. The lowest BCUT2D eigenvalue weighted by molar-refractivity contribution is -0.144.